The van der Waals surface area contributed by atoms with E-state index < -0.39 is 5.97 Å². The highest BCUT2D eigenvalue weighted by atomic mass is 32.2. The predicted octanol–water partition coefficient (Wildman–Crippen LogP) is 4.10. The number of pyridine rings is 1. The van der Waals surface area contributed by atoms with E-state index in [0.29, 0.717) is 16.3 Å². The van der Waals surface area contributed by atoms with Gasteiger partial charge in [0.05, 0.1) is 23.4 Å². The van der Waals surface area contributed by atoms with Crippen molar-refractivity contribution in [2.75, 3.05) is 23.8 Å². The molecule has 3 aromatic rings. The largest absolute Gasteiger partial charge is 0.465 e. The Bertz CT molecular complexity index is 1110. The fourth-order valence-corrected chi connectivity index (χ4v) is 3.83. The highest BCUT2D eigenvalue weighted by molar-refractivity contribution is 8.00. The van der Waals surface area contributed by atoms with Crippen LogP contribution >= 0.6 is 11.8 Å². The molecule has 0 bridgehead atoms. The zero-order valence-corrected chi connectivity index (χ0v) is 17.6. The van der Waals surface area contributed by atoms with E-state index in [0.717, 1.165) is 16.5 Å². The summed E-state index contributed by atoms with van der Waals surface area (Å²) in [5.41, 5.74) is 2.83. The average molecular weight is 420 g/mol. The molecule has 0 aliphatic rings. The number of aryl methyl sites for hydroxylation is 1. The van der Waals surface area contributed by atoms with Gasteiger partial charge in [-0.05, 0) is 37.6 Å². The summed E-state index contributed by atoms with van der Waals surface area (Å²) in [5.74, 6) is -0.709. The van der Waals surface area contributed by atoms with Crippen LogP contribution in [-0.4, -0.2) is 35.8 Å². The molecular formula is C23H21N3O3S. The van der Waals surface area contributed by atoms with Crippen LogP contribution in [0.25, 0.3) is 10.9 Å². The number of aromatic nitrogens is 1. The molecule has 1 amide bonds. The number of esters is 1. The first-order chi connectivity index (χ1) is 14.5. The zero-order chi connectivity index (χ0) is 21.5. The van der Waals surface area contributed by atoms with Crippen LogP contribution in [0.5, 0.6) is 0 Å². The third kappa shape index (κ3) is 4.97. The minimum absolute atomic E-state index is 0.0351. The summed E-state index contributed by atoms with van der Waals surface area (Å²) >= 11 is 1.19. The maximum Gasteiger partial charge on any atom is 0.326 e. The first-order valence-corrected chi connectivity index (χ1v) is 10.5. The van der Waals surface area contributed by atoms with Gasteiger partial charge in [-0.1, -0.05) is 48.2 Å². The molecule has 0 N–H and O–H groups in total. The lowest BCUT2D eigenvalue weighted by molar-refractivity contribution is -0.142. The first-order valence-electron chi connectivity index (χ1n) is 9.47. The second kappa shape index (κ2) is 9.90. The van der Waals surface area contributed by atoms with Crippen LogP contribution in [0.15, 0.2) is 59.6 Å². The van der Waals surface area contributed by atoms with E-state index in [1.165, 1.54) is 16.7 Å². The number of thioether (sulfide) groups is 1. The first kappa shape index (κ1) is 21.3. The van der Waals surface area contributed by atoms with Crippen molar-refractivity contribution in [3.8, 4) is 6.07 Å². The van der Waals surface area contributed by atoms with Crippen molar-refractivity contribution < 1.29 is 14.3 Å². The third-order valence-electron chi connectivity index (χ3n) is 4.43. The van der Waals surface area contributed by atoms with Crippen molar-refractivity contribution in [1.29, 1.82) is 5.26 Å². The molecule has 1 heterocycles. The minimum atomic E-state index is -0.475. The molecule has 0 atom stereocenters. The van der Waals surface area contributed by atoms with Crippen LogP contribution in [0.3, 0.4) is 0 Å². The number of fused-ring (bicyclic) bond motifs is 1. The molecule has 0 fully saturated rings. The van der Waals surface area contributed by atoms with Crippen molar-refractivity contribution in [1.82, 2.24) is 4.98 Å². The Balaban J connectivity index is 1.83. The fourth-order valence-electron chi connectivity index (χ4n) is 3.00. The Kier molecular flexibility index (Phi) is 7.04. The highest BCUT2D eigenvalue weighted by Gasteiger charge is 2.21. The van der Waals surface area contributed by atoms with E-state index in [4.69, 9.17) is 4.74 Å². The quantitative estimate of drug-likeness (QED) is 0.423. The Morgan fingerprint density at radius 3 is 2.63 bits per heavy atom. The van der Waals surface area contributed by atoms with Crippen molar-refractivity contribution in [3.63, 3.8) is 0 Å². The number of anilines is 1. The Hall–Kier alpha value is -3.37. The normalized spacial score (nSPS) is 10.4. The number of benzene rings is 2. The summed E-state index contributed by atoms with van der Waals surface area (Å²) in [5, 5.41) is 10.9. The summed E-state index contributed by atoms with van der Waals surface area (Å²) in [6.07, 6.45) is 0. The number of para-hydroxylation sites is 2. The van der Waals surface area contributed by atoms with Gasteiger partial charge in [0, 0.05) is 11.1 Å². The van der Waals surface area contributed by atoms with Crippen LogP contribution in [0, 0.1) is 18.3 Å². The summed E-state index contributed by atoms with van der Waals surface area (Å²) in [7, 11) is 0. The van der Waals surface area contributed by atoms with Crippen LogP contribution in [0.4, 0.5) is 5.69 Å². The molecule has 0 aliphatic carbocycles. The molecule has 0 unspecified atom stereocenters. The number of ether oxygens (including phenoxy) is 1. The molecule has 0 aliphatic heterocycles. The summed E-state index contributed by atoms with van der Waals surface area (Å²) in [4.78, 5) is 31.0. The molecule has 6 nitrogen and oxygen atoms in total. The van der Waals surface area contributed by atoms with E-state index in [-0.39, 0.29) is 24.8 Å². The van der Waals surface area contributed by atoms with Gasteiger partial charge in [-0.25, -0.2) is 4.98 Å². The Morgan fingerprint density at radius 2 is 1.93 bits per heavy atom. The maximum absolute atomic E-state index is 13.0. The van der Waals surface area contributed by atoms with E-state index in [2.05, 4.69) is 11.1 Å². The van der Waals surface area contributed by atoms with Gasteiger partial charge in [0.1, 0.15) is 17.6 Å². The summed E-state index contributed by atoms with van der Waals surface area (Å²) in [6.45, 7) is 3.75. The smallest absolute Gasteiger partial charge is 0.326 e. The Labute approximate surface area is 179 Å². The van der Waals surface area contributed by atoms with Gasteiger partial charge in [0.25, 0.3) is 0 Å². The lowest BCUT2D eigenvalue weighted by Crippen LogP contribution is -2.37. The maximum atomic E-state index is 13.0. The van der Waals surface area contributed by atoms with Crippen LogP contribution in [0.1, 0.15) is 18.1 Å². The van der Waals surface area contributed by atoms with Gasteiger partial charge in [-0.15, -0.1) is 0 Å². The topological polar surface area (TPSA) is 83.3 Å². The molecule has 2 aromatic carbocycles. The molecule has 1 aromatic heterocycles. The minimum Gasteiger partial charge on any atom is -0.465 e. The molecule has 0 spiro atoms. The summed E-state index contributed by atoms with van der Waals surface area (Å²) in [6, 6.07) is 18.7. The molecule has 0 saturated heterocycles. The highest BCUT2D eigenvalue weighted by Crippen LogP contribution is 2.27. The van der Waals surface area contributed by atoms with Gasteiger partial charge in [-0.3, -0.25) is 9.59 Å². The van der Waals surface area contributed by atoms with Crippen molar-refractivity contribution in [3.05, 3.63) is 65.7 Å². The monoisotopic (exact) mass is 419 g/mol. The Morgan fingerprint density at radius 1 is 1.17 bits per heavy atom. The number of nitrogens with zero attached hydrogens (tertiary/aromatic N) is 3. The zero-order valence-electron chi connectivity index (χ0n) is 16.8. The standard InChI is InChI=1S/C23H21N3O3S/c1-3-29-21(28)14-26(19-10-5-4-6-11-19)20(27)15-30-23-18(13-24)12-17-9-7-8-16(2)22(17)25-23/h4-12H,3,14-15H2,1-2H3. The molecular weight excluding hydrogens is 398 g/mol. The van der Waals surface area contributed by atoms with E-state index in [1.54, 1.807) is 37.3 Å². The second-order valence-electron chi connectivity index (χ2n) is 6.51. The average Bonchev–Trinajstić information content (AvgIpc) is 2.76. The van der Waals surface area contributed by atoms with Gasteiger partial charge >= 0.3 is 5.97 Å². The second-order valence-corrected chi connectivity index (χ2v) is 7.47. The fraction of sp³-hybridized carbons (Fsp3) is 0.217. The van der Waals surface area contributed by atoms with Crippen LogP contribution < -0.4 is 4.90 Å². The summed E-state index contributed by atoms with van der Waals surface area (Å²) < 4.78 is 5.01. The number of amides is 1. The molecule has 0 saturated carbocycles. The number of hydrogen-bond donors (Lipinski definition) is 0. The SMILES string of the molecule is CCOC(=O)CN(C(=O)CSc1nc2c(C)cccc2cc1C#N)c1ccccc1. The van der Waals surface area contributed by atoms with E-state index in [9.17, 15) is 14.9 Å². The molecule has 7 heteroatoms. The molecule has 152 valence electrons. The van der Waals surface area contributed by atoms with Crippen LogP contribution in [-0.2, 0) is 14.3 Å². The predicted molar refractivity (Wildman–Crippen MR) is 117 cm³/mol. The van der Waals surface area contributed by atoms with Gasteiger partial charge in [-0.2, -0.15) is 5.26 Å². The lowest BCUT2D eigenvalue weighted by atomic mass is 10.1. The van der Waals surface area contributed by atoms with Crippen molar-refractivity contribution in [2.24, 2.45) is 0 Å². The third-order valence-corrected chi connectivity index (χ3v) is 5.40. The number of nitriles is 1. The number of hydrogen-bond acceptors (Lipinski definition) is 6. The number of rotatable bonds is 7. The van der Waals surface area contributed by atoms with Crippen molar-refractivity contribution >= 4 is 40.2 Å². The van der Waals surface area contributed by atoms with Gasteiger partial charge in [0.2, 0.25) is 5.91 Å². The van der Waals surface area contributed by atoms with Crippen LogP contribution in [0.2, 0.25) is 0 Å². The molecule has 30 heavy (non-hydrogen) atoms. The number of carbonyl (C=O) groups is 2. The van der Waals surface area contributed by atoms with Gasteiger partial charge in [0.15, 0.2) is 0 Å². The number of carbonyl (C=O) groups excluding carboxylic acids is 2. The van der Waals surface area contributed by atoms with Crippen molar-refractivity contribution in [2.45, 2.75) is 18.9 Å². The van der Waals surface area contributed by atoms with E-state index >= 15 is 0 Å². The lowest BCUT2D eigenvalue weighted by Gasteiger charge is -2.21. The molecule has 0 radical (unpaired) electrons. The molecule has 3 rings (SSSR count). The van der Waals surface area contributed by atoms with E-state index in [1.807, 2.05) is 31.2 Å². The van der Waals surface area contributed by atoms with Gasteiger partial charge < -0.3 is 9.64 Å².